The lowest BCUT2D eigenvalue weighted by Crippen LogP contribution is -2.31. The summed E-state index contributed by atoms with van der Waals surface area (Å²) in [6.07, 6.45) is 3.48. The number of aromatic nitrogens is 3. The van der Waals surface area contributed by atoms with Crippen molar-refractivity contribution in [3.63, 3.8) is 0 Å². The van der Waals surface area contributed by atoms with Crippen LogP contribution in [0.5, 0.6) is 11.5 Å². The van der Waals surface area contributed by atoms with E-state index in [1.807, 2.05) is 29.9 Å². The lowest BCUT2D eigenvalue weighted by molar-refractivity contribution is 0.0903. The number of ether oxygens (including phenoxy) is 2. The molecule has 0 saturated heterocycles. The molecule has 1 aromatic carbocycles. The van der Waals surface area contributed by atoms with Gasteiger partial charge in [0.15, 0.2) is 0 Å². The van der Waals surface area contributed by atoms with Crippen molar-refractivity contribution in [1.82, 2.24) is 20.0 Å². The van der Waals surface area contributed by atoms with Gasteiger partial charge < -0.3 is 23.9 Å². The fourth-order valence-electron chi connectivity index (χ4n) is 2.62. The van der Waals surface area contributed by atoms with E-state index in [0.717, 1.165) is 5.56 Å². The molecule has 0 saturated carbocycles. The van der Waals surface area contributed by atoms with E-state index in [1.165, 1.54) is 0 Å². The zero-order valence-corrected chi connectivity index (χ0v) is 15.0. The Hall–Kier alpha value is -3.29. The zero-order valence-electron chi connectivity index (χ0n) is 15.0. The van der Waals surface area contributed by atoms with Gasteiger partial charge in [0.1, 0.15) is 23.4 Å². The van der Waals surface area contributed by atoms with Crippen molar-refractivity contribution < 1.29 is 18.8 Å². The Morgan fingerprint density at radius 2 is 1.88 bits per heavy atom. The van der Waals surface area contributed by atoms with Crippen molar-refractivity contribution in [2.24, 2.45) is 7.05 Å². The van der Waals surface area contributed by atoms with Gasteiger partial charge in [-0.2, -0.15) is 0 Å². The fourth-order valence-corrected chi connectivity index (χ4v) is 2.62. The molecular weight excluding hydrogens is 336 g/mol. The van der Waals surface area contributed by atoms with Gasteiger partial charge in [-0.1, -0.05) is 5.16 Å². The van der Waals surface area contributed by atoms with Gasteiger partial charge in [-0.25, -0.2) is 4.98 Å². The fraction of sp³-hybridized carbons (Fsp3) is 0.278. The normalized spacial score (nSPS) is 11.8. The smallest absolute Gasteiger partial charge is 0.290 e. The number of nitrogens with zero attached hydrogens (tertiary/aromatic N) is 3. The summed E-state index contributed by atoms with van der Waals surface area (Å²) < 4.78 is 17.6. The van der Waals surface area contributed by atoms with Gasteiger partial charge in [-0.05, 0) is 24.6 Å². The maximum Gasteiger partial charge on any atom is 0.290 e. The van der Waals surface area contributed by atoms with E-state index < -0.39 is 6.04 Å². The average Bonchev–Trinajstić information content (AvgIpc) is 3.27. The molecule has 1 amide bonds. The third-order valence-electron chi connectivity index (χ3n) is 3.95. The van der Waals surface area contributed by atoms with Gasteiger partial charge in [-0.15, -0.1) is 0 Å². The predicted molar refractivity (Wildman–Crippen MR) is 93.3 cm³/mol. The summed E-state index contributed by atoms with van der Waals surface area (Å²) >= 11 is 0. The van der Waals surface area contributed by atoms with Crippen molar-refractivity contribution in [1.29, 1.82) is 0 Å². The molecule has 0 aliphatic carbocycles. The second kappa shape index (κ2) is 7.30. The summed E-state index contributed by atoms with van der Waals surface area (Å²) in [5.41, 5.74) is 1.40. The highest BCUT2D eigenvalue weighted by Gasteiger charge is 2.24. The van der Waals surface area contributed by atoms with Crippen LogP contribution in [0.1, 0.15) is 33.7 Å². The molecule has 8 nitrogen and oxygen atoms in total. The van der Waals surface area contributed by atoms with E-state index in [-0.39, 0.29) is 11.7 Å². The molecule has 3 rings (SSSR count). The van der Waals surface area contributed by atoms with Gasteiger partial charge >= 0.3 is 0 Å². The minimum atomic E-state index is -0.531. The molecule has 8 heteroatoms. The molecule has 0 bridgehead atoms. The zero-order chi connectivity index (χ0) is 18.7. The summed E-state index contributed by atoms with van der Waals surface area (Å²) in [6.45, 7) is 1.75. The second-order valence-corrected chi connectivity index (χ2v) is 5.78. The monoisotopic (exact) mass is 356 g/mol. The van der Waals surface area contributed by atoms with E-state index in [4.69, 9.17) is 14.0 Å². The standard InChI is InChI=1S/C18H20N4O4/c1-11-7-15(26-21-11)18(23)20-16(17-19-5-6-22(17)2)12-8-13(24-3)10-14(9-12)25-4/h5-10,16H,1-4H3,(H,20,23). The molecule has 1 unspecified atom stereocenters. The molecule has 1 N–H and O–H groups in total. The van der Waals surface area contributed by atoms with Gasteiger partial charge in [0.25, 0.3) is 5.91 Å². The second-order valence-electron chi connectivity index (χ2n) is 5.78. The summed E-state index contributed by atoms with van der Waals surface area (Å²) in [4.78, 5) is 17.0. The number of carbonyl (C=O) groups excluding carboxylic acids is 1. The van der Waals surface area contributed by atoms with Gasteiger partial charge in [0, 0.05) is 31.6 Å². The van der Waals surface area contributed by atoms with E-state index in [0.29, 0.717) is 23.0 Å². The summed E-state index contributed by atoms with van der Waals surface area (Å²) in [5.74, 6) is 1.63. The molecule has 0 spiro atoms. The first-order valence-electron chi connectivity index (χ1n) is 7.96. The first-order chi connectivity index (χ1) is 12.5. The molecule has 0 radical (unpaired) electrons. The summed E-state index contributed by atoms with van der Waals surface area (Å²) in [5, 5.41) is 6.70. The maximum absolute atomic E-state index is 12.6. The lowest BCUT2D eigenvalue weighted by atomic mass is 10.0. The average molecular weight is 356 g/mol. The quantitative estimate of drug-likeness (QED) is 0.728. The van der Waals surface area contributed by atoms with Crippen molar-refractivity contribution >= 4 is 5.91 Å². The Balaban J connectivity index is 2.02. The number of carbonyl (C=O) groups is 1. The molecule has 0 fully saturated rings. The Bertz CT molecular complexity index is 893. The van der Waals surface area contributed by atoms with Crippen molar-refractivity contribution in [2.45, 2.75) is 13.0 Å². The SMILES string of the molecule is COc1cc(OC)cc(C(NC(=O)c2cc(C)no2)c2nccn2C)c1. The molecule has 0 aliphatic rings. The first kappa shape index (κ1) is 17.5. The van der Waals surface area contributed by atoms with E-state index in [1.54, 1.807) is 39.5 Å². The Morgan fingerprint density at radius 3 is 2.38 bits per heavy atom. The lowest BCUT2D eigenvalue weighted by Gasteiger charge is -2.20. The van der Waals surface area contributed by atoms with E-state index >= 15 is 0 Å². The highest BCUT2D eigenvalue weighted by Crippen LogP contribution is 2.29. The van der Waals surface area contributed by atoms with Crippen LogP contribution in [0.2, 0.25) is 0 Å². The van der Waals surface area contributed by atoms with Crippen molar-refractivity contribution in [2.75, 3.05) is 14.2 Å². The number of nitrogens with one attached hydrogen (secondary N) is 1. The molecule has 136 valence electrons. The maximum atomic E-state index is 12.6. The predicted octanol–water partition coefficient (Wildman–Crippen LogP) is 2.25. The summed E-state index contributed by atoms with van der Waals surface area (Å²) in [7, 11) is 5.01. The number of aryl methyl sites for hydroxylation is 2. The molecule has 2 heterocycles. The number of benzene rings is 1. The third kappa shape index (κ3) is 3.53. The molecular formula is C18H20N4O4. The molecule has 26 heavy (non-hydrogen) atoms. The van der Waals surface area contributed by atoms with Crippen LogP contribution >= 0.6 is 0 Å². The van der Waals surface area contributed by atoms with Gasteiger partial charge in [-0.3, -0.25) is 4.79 Å². The number of imidazole rings is 1. The van der Waals surface area contributed by atoms with Crippen LogP contribution in [0, 0.1) is 6.92 Å². The molecule has 3 aromatic rings. The van der Waals surface area contributed by atoms with Crippen LogP contribution < -0.4 is 14.8 Å². The number of hydrogen-bond donors (Lipinski definition) is 1. The Labute approximate surface area is 150 Å². The number of methoxy groups -OCH3 is 2. The molecule has 1 atom stereocenters. The Morgan fingerprint density at radius 1 is 1.19 bits per heavy atom. The molecule has 0 aliphatic heterocycles. The summed E-state index contributed by atoms with van der Waals surface area (Å²) in [6, 6.07) is 6.47. The molecule has 2 aromatic heterocycles. The van der Waals surface area contributed by atoms with Crippen LogP contribution in [-0.4, -0.2) is 34.8 Å². The topological polar surface area (TPSA) is 91.4 Å². The highest BCUT2D eigenvalue weighted by atomic mass is 16.5. The van der Waals surface area contributed by atoms with Gasteiger partial charge in [0.2, 0.25) is 5.76 Å². The minimum Gasteiger partial charge on any atom is -0.497 e. The van der Waals surface area contributed by atoms with Crippen LogP contribution in [0.15, 0.2) is 41.2 Å². The van der Waals surface area contributed by atoms with Crippen LogP contribution in [0.25, 0.3) is 0 Å². The van der Waals surface area contributed by atoms with E-state index in [2.05, 4.69) is 15.5 Å². The van der Waals surface area contributed by atoms with Crippen LogP contribution in [0.3, 0.4) is 0 Å². The number of rotatable bonds is 6. The minimum absolute atomic E-state index is 0.136. The Kier molecular flexibility index (Phi) is 4.92. The largest absolute Gasteiger partial charge is 0.497 e. The number of amides is 1. The van der Waals surface area contributed by atoms with Crippen molar-refractivity contribution in [3.05, 3.63) is 59.5 Å². The van der Waals surface area contributed by atoms with E-state index in [9.17, 15) is 4.79 Å². The van der Waals surface area contributed by atoms with Crippen molar-refractivity contribution in [3.8, 4) is 11.5 Å². The highest BCUT2D eigenvalue weighted by molar-refractivity contribution is 5.91. The number of hydrogen-bond acceptors (Lipinski definition) is 6. The van der Waals surface area contributed by atoms with Gasteiger partial charge in [0.05, 0.1) is 19.9 Å². The van der Waals surface area contributed by atoms with Crippen LogP contribution in [-0.2, 0) is 7.05 Å². The third-order valence-corrected chi connectivity index (χ3v) is 3.95. The first-order valence-corrected chi connectivity index (χ1v) is 7.96. The van der Waals surface area contributed by atoms with Crippen LogP contribution in [0.4, 0.5) is 0 Å².